The fourth-order valence-electron chi connectivity index (χ4n) is 1.69. The molecule has 0 unspecified atom stereocenters. The first-order chi connectivity index (χ1) is 10.00. The minimum absolute atomic E-state index is 0.0581. The SMILES string of the molecule is COCCC(C)(C)CNC(=O)c1ncccc1C#CCO. The highest BCUT2D eigenvalue weighted by Gasteiger charge is 2.20. The third kappa shape index (κ3) is 5.94. The average Bonchev–Trinajstić information content (AvgIpc) is 2.49. The summed E-state index contributed by atoms with van der Waals surface area (Å²) in [7, 11) is 1.66. The zero-order chi connectivity index (χ0) is 15.7. The van der Waals surface area contributed by atoms with Crippen LogP contribution >= 0.6 is 0 Å². The lowest BCUT2D eigenvalue weighted by Crippen LogP contribution is -2.35. The molecule has 0 atom stereocenters. The molecule has 0 spiro atoms. The van der Waals surface area contributed by atoms with Crippen LogP contribution in [-0.4, -0.2) is 42.9 Å². The van der Waals surface area contributed by atoms with Gasteiger partial charge in [-0.2, -0.15) is 0 Å². The molecule has 5 heteroatoms. The predicted molar refractivity (Wildman–Crippen MR) is 80.8 cm³/mol. The Balaban J connectivity index is 2.72. The minimum Gasteiger partial charge on any atom is -0.385 e. The van der Waals surface area contributed by atoms with Crippen LogP contribution in [0, 0.1) is 17.3 Å². The van der Waals surface area contributed by atoms with Crippen molar-refractivity contribution in [3.8, 4) is 11.8 Å². The van der Waals surface area contributed by atoms with E-state index in [0.717, 1.165) is 6.42 Å². The number of ether oxygens (including phenoxy) is 1. The Kier molecular flexibility index (Phi) is 6.86. The number of hydrogen-bond acceptors (Lipinski definition) is 4. The van der Waals surface area contributed by atoms with Crippen LogP contribution in [0.4, 0.5) is 0 Å². The maximum absolute atomic E-state index is 12.2. The van der Waals surface area contributed by atoms with Crippen LogP contribution in [0.15, 0.2) is 18.3 Å². The van der Waals surface area contributed by atoms with Gasteiger partial charge in [0.1, 0.15) is 12.3 Å². The van der Waals surface area contributed by atoms with Gasteiger partial charge in [0.25, 0.3) is 5.91 Å². The van der Waals surface area contributed by atoms with Gasteiger partial charge in [-0.15, -0.1) is 0 Å². The second-order valence-electron chi connectivity index (χ2n) is 5.45. The molecule has 1 heterocycles. The Hall–Kier alpha value is -1.90. The summed E-state index contributed by atoms with van der Waals surface area (Å²) >= 11 is 0. The number of carbonyl (C=O) groups excluding carboxylic acids is 1. The van der Waals surface area contributed by atoms with Gasteiger partial charge in [0, 0.05) is 26.5 Å². The summed E-state index contributed by atoms with van der Waals surface area (Å²) in [6.45, 7) is 5.06. The molecular weight excluding hydrogens is 268 g/mol. The molecule has 2 N–H and O–H groups in total. The summed E-state index contributed by atoms with van der Waals surface area (Å²) in [5.74, 6) is 5.00. The number of aromatic nitrogens is 1. The van der Waals surface area contributed by atoms with Gasteiger partial charge in [-0.3, -0.25) is 4.79 Å². The van der Waals surface area contributed by atoms with Crippen molar-refractivity contribution in [3.63, 3.8) is 0 Å². The molecule has 5 nitrogen and oxygen atoms in total. The third-order valence-corrected chi connectivity index (χ3v) is 3.04. The molecule has 0 aromatic carbocycles. The van der Waals surface area contributed by atoms with Gasteiger partial charge in [-0.25, -0.2) is 4.98 Å². The summed E-state index contributed by atoms with van der Waals surface area (Å²) in [4.78, 5) is 16.3. The number of pyridine rings is 1. The van der Waals surface area contributed by atoms with Crippen molar-refractivity contribution < 1.29 is 14.6 Å². The monoisotopic (exact) mass is 290 g/mol. The molecule has 114 valence electrons. The number of amides is 1. The van der Waals surface area contributed by atoms with Crippen molar-refractivity contribution in [1.82, 2.24) is 10.3 Å². The van der Waals surface area contributed by atoms with E-state index in [9.17, 15) is 4.79 Å². The van der Waals surface area contributed by atoms with Gasteiger partial charge >= 0.3 is 0 Å². The molecule has 0 fully saturated rings. The first kappa shape index (κ1) is 17.2. The fourth-order valence-corrected chi connectivity index (χ4v) is 1.69. The van der Waals surface area contributed by atoms with E-state index in [1.54, 1.807) is 25.4 Å². The van der Waals surface area contributed by atoms with Gasteiger partial charge in [-0.05, 0) is 24.0 Å². The summed E-state index contributed by atoms with van der Waals surface area (Å²) in [6, 6.07) is 3.42. The molecule has 21 heavy (non-hydrogen) atoms. The number of aliphatic hydroxyl groups excluding tert-OH is 1. The van der Waals surface area contributed by atoms with Gasteiger partial charge < -0.3 is 15.2 Å². The number of nitrogens with one attached hydrogen (secondary N) is 1. The van der Waals surface area contributed by atoms with Crippen molar-refractivity contribution in [1.29, 1.82) is 0 Å². The number of hydrogen-bond donors (Lipinski definition) is 2. The van der Waals surface area contributed by atoms with Crippen LogP contribution in [0.1, 0.15) is 36.3 Å². The van der Waals surface area contributed by atoms with E-state index in [0.29, 0.717) is 18.7 Å². The number of rotatable bonds is 6. The van der Waals surface area contributed by atoms with E-state index in [4.69, 9.17) is 9.84 Å². The smallest absolute Gasteiger partial charge is 0.271 e. The quantitative estimate of drug-likeness (QED) is 0.773. The summed E-state index contributed by atoms with van der Waals surface area (Å²) in [5.41, 5.74) is 0.733. The molecule has 1 amide bonds. The second kappa shape index (κ2) is 8.40. The molecule has 0 saturated heterocycles. The molecule has 0 bridgehead atoms. The Morgan fingerprint density at radius 3 is 2.95 bits per heavy atom. The molecule has 0 aliphatic heterocycles. The summed E-state index contributed by atoms with van der Waals surface area (Å²) < 4.78 is 5.07. The van der Waals surface area contributed by atoms with Crippen molar-refractivity contribution in [2.24, 2.45) is 5.41 Å². The largest absolute Gasteiger partial charge is 0.385 e. The third-order valence-electron chi connectivity index (χ3n) is 3.04. The Morgan fingerprint density at radius 1 is 1.52 bits per heavy atom. The van der Waals surface area contributed by atoms with E-state index in [-0.39, 0.29) is 23.6 Å². The number of aliphatic hydroxyl groups is 1. The van der Waals surface area contributed by atoms with Crippen molar-refractivity contribution in [3.05, 3.63) is 29.6 Å². The lowest BCUT2D eigenvalue weighted by atomic mass is 9.89. The molecule has 0 radical (unpaired) electrons. The molecule has 1 aromatic rings. The predicted octanol–water partition coefficient (Wildman–Crippen LogP) is 1.22. The van der Waals surface area contributed by atoms with Crippen molar-refractivity contribution in [2.45, 2.75) is 20.3 Å². The first-order valence-electron chi connectivity index (χ1n) is 6.82. The maximum atomic E-state index is 12.2. The Labute approximate surface area is 125 Å². The maximum Gasteiger partial charge on any atom is 0.271 e. The van der Waals surface area contributed by atoms with E-state index in [1.807, 2.05) is 0 Å². The average molecular weight is 290 g/mol. The van der Waals surface area contributed by atoms with Crippen LogP contribution < -0.4 is 5.32 Å². The zero-order valence-corrected chi connectivity index (χ0v) is 12.8. The lowest BCUT2D eigenvalue weighted by molar-refractivity contribution is 0.0916. The molecular formula is C16H22N2O3. The van der Waals surface area contributed by atoms with Gasteiger partial charge in [0.2, 0.25) is 0 Å². The van der Waals surface area contributed by atoms with Gasteiger partial charge in [0.15, 0.2) is 0 Å². The molecule has 1 aromatic heterocycles. The second-order valence-corrected chi connectivity index (χ2v) is 5.45. The Morgan fingerprint density at radius 2 is 2.29 bits per heavy atom. The van der Waals surface area contributed by atoms with Crippen LogP contribution in [0.3, 0.4) is 0 Å². The highest BCUT2D eigenvalue weighted by molar-refractivity contribution is 5.94. The van der Waals surface area contributed by atoms with Gasteiger partial charge in [-0.1, -0.05) is 25.7 Å². The molecule has 0 aliphatic rings. The minimum atomic E-state index is -0.261. The van der Waals surface area contributed by atoms with Crippen LogP contribution in [-0.2, 0) is 4.74 Å². The highest BCUT2D eigenvalue weighted by atomic mass is 16.5. The van der Waals surface area contributed by atoms with E-state index in [1.165, 1.54) is 0 Å². The number of carbonyl (C=O) groups is 1. The molecule has 1 rings (SSSR count). The summed E-state index contributed by atoms with van der Waals surface area (Å²) in [5, 5.41) is 11.6. The van der Waals surface area contributed by atoms with Gasteiger partial charge in [0.05, 0.1) is 5.56 Å². The van der Waals surface area contributed by atoms with E-state index in [2.05, 4.69) is 36.0 Å². The van der Waals surface area contributed by atoms with E-state index < -0.39 is 0 Å². The topological polar surface area (TPSA) is 71.5 Å². The van der Waals surface area contributed by atoms with Crippen LogP contribution in [0.2, 0.25) is 0 Å². The highest BCUT2D eigenvalue weighted by Crippen LogP contribution is 2.19. The number of nitrogens with zero attached hydrogens (tertiary/aromatic N) is 1. The van der Waals surface area contributed by atoms with Crippen LogP contribution in [0.25, 0.3) is 0 Å². The standard InChI is InChI=1S/C16H22N2O3/c1-16(2,8-11-21-3)12-18-15(20)14-13(7-5-10-19)6-4-9-17-14/h4,6,9,19H,8,10-12H2,1-3H3,(H,18,20). The lowest BCUT2D eigenvalue weighted by Gasteiger charge is -2.24. The first-order valence-corrected chi connectivity index (χ1v) is 6.82. The van der Waals surface area contributed by atoms with Crippen molar-refractivity contribution >= 4 is 5.91 Å². The van der Waals surface area contributed by atoms with Crippen LogP contribution in [0.5, 0.6) is 0 Å². The van der Waals surface area contributed by atoms with E-state index >= 15 is 0 Å². The Bertz CT molecular complexity index is 530. The molecule has 0 aliphatic carbocycles. The zero-order valence-electron chi connectivity index (χ0n) is 12.8. The molecule has 0 saturated carbocycles. The summed E-state index contributed by atoms with van der Waals surface area (Å²) in [6.07, 6.45) is 2.40. The normalized spacial score (nSPS) is 10.7. The fraction of sp³-hybridized carbons (Fsp3) is 0.500. The van der Waals surface area contributed by atoms with Crippen molar-refractivity contribution in [2.75, 3.05) is 26.9 Å². The number of methoxy groups -OCH3 is 1.